The molecular weight excluding hydrogens is 262 g/mol. The Morgan fingerprint density at radius 1 is 1.05 bits per heavy atom. The van der Waals surface area contributed by atoms with Gasteiger partial charge in [-0.3, -0.25) is 0 Å². The summed E-state index contributed by atoms with van der Waals surface area (Å²) in [5.41, 5.74) is 5.52. The molecule has 20 heavy (non-hydrogen) atoms. The van der Waals surface area contributed by atoms with Gasteiger partial charge in [-0.15, -0.1) is 0 Å². The van der Waals surface area contributed by atoms with E-state index >= 15 is 0 Å². The van der Waals surface area contributed by atoms with Gasteiger partial charge in [-0.25, -0.2) is 0 Å². The number of nitrogens with one attached hydrogen (secondary N) is 1. The van der Waals surface area contributed by atoms with Crippen molar-refractivity contribution in [2.24, 2.45) is 0 Å². The van der Waals surface area contributed by atoms with Crippen molar-refractivity contribution in [3.63, 3.8) is 0 Å². The van der Waals surface area contributed by atoms with E-state index in [1.54, 1.807) is 0 Å². The van der Waals surface area contributed by atoms with Crippen LogP contribution in [-0.2, 0) is 5.75 Å². The predicted molar refractivity (Wildman–Crippen MR) is 90.3 cm³/mol. The van der Waals surface area contributed by atoms with Crippen molar-refractivity contribution in [2.75, 3.05) is 12.8 Å². The van der Waals surface area contributed by atoms with Crippen LogP contribution in [0.25, 0.3) is 0 Å². The van der Waals surface area contributed by atoms with Crippen LogP contribution in [0.5, 0.6) is 0 Å². The molecule has 0 aliphatic rings. The van der Waals surface area contributed by atoms with E-state index in [9.17, 15) is 0 Å². The van der Waals surface area contributed by atoms with E-state index in [1.807, 2.05) is 18.8 Å². The number of aryl methyl sites for hydroxylation is 2. The lowest BCUT2D eigenvalue weighted by atomic mass is 10.0. The van der Waals surface area contributed by atoms with Gasteiger partial charge < -0.3 is 5.32 Å². The van der Waals surface area contributed by atoms with Crippen LogP contribution >= 0.6 is 11.8 Å². The van der Waals surface area contributed by atoms with Crippen molar-refractivity contribution in [3.8, 4) is 0 Å². The molecule has 0 amide bonds. The molecule has 0 heterocycles. The van der Waals surface area contributed by atoms with Crippen LogP contribution in [-0.4, -0.2) is 12.8 Å². The molecule has 0 aliphatic heterocycles. The van der Waals surface area contributed by atoms with E-state index in [2.05, 4.69) is 67.7 Å². The summed E-state index contributed by atoms with van der Waals surface area (Å²) in [6, 6.07) is 17.8. The zero-order chi connectivity index (χ0) is 14.4. The fraction of sp³-hybridized carbons (Fsp3) is 0.333. The molecule has 1 unspecified atom stereocenters. The summed E-state index contributed by atoms with van der Waals surface area (Å²) in [6.45, 7) is 4.35. The lowest BCUT2D eigenvalue weighted by Gasteiger charge is -2.19. The minimum Gasteiger partial charge on any atom is -0.312 e. The van der Waals surface area contributed by atoms with Gasteiger partial charge in [0.1, 0.15) is 0 Å². The number of hydrogen-bond acceptors (Lipinski definition) is 2. The monoisotopic (exact) mass is 285 g/mol. The van der Waals surface area contributed by atoms with E-state index < -0.39 is 0 Å². The molecule has 0 saturated heterocycles. The molecule has 1 nitrogen and oxygen atoms in total. The smallest absolute Gasteiger partial charge is 0.0412 e. The van der Waals surface area contributed by atoms with Gasteiger partial charge in [0.2, 0.25) is 0 Å². The maximum absolute atomic E-state index is 3.44. The van der Waals surface area contributed by atoms with Gasteiger partial charge in [-0.2, -0.15) is 11.8 Å². The van der Waals surface area contributed by atoms with Gasteiger partial charge in [0, 0.05) is 17.5 Å². The Morgan fingerprint density at radius 3 is 2.45 bits per heavy atom. The van der Waals surface area contributed by atoms with E-state index in [0.717, 1.165) is 11.5 Å². The molecule has 0 spiro atoms. The van der Waals surface area contributed by atoms with Gasteiger partial charge in [0.05, 0.1) is 0 Å². The molecule has 2 aromatic rings. The third-order valence-electron chi connectivity index (χ3n) is 3.55. The quantitative estimate of drug-likeness (QED) is 0.839. The third-order valence-corrected chi connectivity index (χ3v) is 4.65. The molecule has 0 aromatic heterocycles. The topological polar surface area (TPSA) is 12.0 Å². The second kappa shape index (κ2) is 7.51. The molecule has 1 atom stereocenters. The standard InChI is InChI=1S/C18H23NS/c1-14-9-10-17(15(2)11-14)18(19-3)13-20-12-16-7-5-4-6-8-16/h4-11,18-19H,12-13H2,1-3H3. The van der Waals surface area contributed by atoms with Crippen molar-refractivity contribution in [3.05, 3.63) is 70.8 Å². The highest BCUT2D eigenvalue weighted by molar-refractivity contribution is 7.98. The molecule has 2 aromatic carbocycles. The van der Waals surface area contributed by atoms with Crippen molar-refractivity contribution in [2.45, 2.75) is 25.6 Å². The normalized spacial score (nSPS) is 12.3. The first-order valence-corrected chi connectivity index (χ1v) is 8.22. The highest BCUT2D eigenvalue weighted by Gasteiger charge is 2.11. The minimum atomic E-state index is 0.421. The highest BCUT2D eigenvalue weighted by atomic mass is 32.2. The molecule has 0 fully saturated rings. The Kier molecular flexibility index (Phi) is 5.69. The molecule has 0 radical (unpaired) electrons. The summed E-state index contributed by atoms with van der Waals surface area (Å²) in [4.78, 5) is 0. The van der Waals surface area contributed by atoms with Gasteiger partial charge in [0.25, 0.3) is 0 Å². The van der Waals surface area contributed by atoms with Crippen molar-refractivity contribution < 1.29 is 0 Å². The molecule has 0 aliphatic carbocycles. The Bertz CT molecular complexity index is 536. The second-order valence-corrected chi connectivity index (χ2v) is 6.23. The molecular formula is C18H23NS. The zero-order valence-corrected chi connectivity index (χ0v) is 13.3. The van der Waals surface area contributed by atoms with Gasteiger partial charge in [-0.05, 0) is 37.6 Å². The predicted octanol–water partition coefficient (Wildman–Crippen LogP) is 4.50. The fourth-order valence-electron chi connectivity index (χ4n) is 2.41. The van der Waals surface area contributed by atoms with Gasteiger partial charge in [0.15, 0.2) is 0 Å². The van der Waals surface area contributed by atoms with Gasteiger partial charge in [-0.1, -0.05) is 54.1 Å². The Balaban J connectivity index is 1.95. The Morgan fingerprint density at radius 2 is 1.80 bits per heavy atom. The summed E-state index contributed by atoms with van der Waals surface area (Å²) in [5, 5.41) is 3.44. The van der Waals surface area contributed by atoms with E-state index in [-0.39, 0.29) is 0 Å². The Labute approximate surface area is 126 Å². The SMILES string of the molecule is CNC(CSCc1ccccc1)c1ccc(C)cc1C. The largest absolute Gasteiger partial charge is 0.312 e. The summed E-state index contributed by atoms with van der Waals surface area (Å²) < 4.78 is 0. The average molecular weight is 285 g/mol. The average Bonchev–Trinajstić information content (AvgIpc) is 2.46. The molecule has 2 heteroatoms. The molecule has 0 bridgehead atoms. The number of thioether (sulfide) groups is 1. The summed E-state index contributed by atoms with van der Waals surface area (Å²) in [5.74, 6) is 2.17. The highest BCUT2D eigenvalue weighted by Crippen LogP contribution is 2.24. The van der Waals surface area contributed by atoms with Crippen molar-refractivity contribution >= 4 is 11.8 Å². The summed E-state index contributed by atoms with van der Waals surface area (Å²) >= 11 is 1.98. The van der Waals surface area contributed by atoms with Crippen LogP contribution in [0.4, 0.5) is 0 Å². The van der Waals surface area contributed by atoms with Crippen LogP contribution in [0.2, 0.25) is 0 Å². The van der Waals surface area contributed by atoms with E-state index in [4.69, 9.17) is 0 Å². The van der Waals surface area contributed by atoms with Crippen molar-refractivity contribution in [1.82, 2.24) is 5.32 Å². The van der Waals surface area contributed by atoms with Gasteiger partial charge >= 0.3 is 0 Å². The second-order valence-electron chi connectivity index (χ2n) is 5.20. The summed E-state index contributed by atoms with van der Waals surface area (Å²) in [6.07, 6.45) is 0. The van der Waals surface area contributed by atoms with Crippen LogP contribution in [0.15, 0.2) is 48.5 Å². The fourth-order valence-corrected chi connectivity index (χ4v) is 3.54. The lowest BCUT2D eigenvalue weighted by Crippen LogP contribution is -2.19. The number of hydrogen-bond donors (Lipinski definition) is 1. The van der Waals surface area contributed by atoms with Crippen molar-refractivity contribution in [1.29, 1.82) is 0 Å². The van der Waals surface area contributed by atoms with E-state index in [0.29, 0.717) is 6.04 Å². The number of rotatable bonds is 6. The first-order valence-electron chi connectivity index (χ1n) is 7.07. The van der Waals surface area contributed by atoms with Crippen LogP contribution < -0.4 is 5.32 Å². The van der Waals surface area contributed by atoms with Crippen LogP contribution in [0, 0.1) is 13.8 Å². The lowest BCUT2D eigenvalue weighted by molar-refractivity contribution is 0.657. The van der Waals surface area contributed by atoms with E-state index in [1.165, 1.54) is 22.3 Å². The zero-order valence-electron chi connectivity index (χ0n) is 12.5. The maximum Gasteiger partial charge on any atom is 0.0412 e. The van der Waals surface area contributed by atoms with Crippen LogP contribution in [0.3, 0.4) is 0 Å². The molecule has 1 N–H and O–H groups in total. The molecule has 106 valence electrons. The first-order chi connectivity index (χ1) is 9.70. The summed E-state index contributed by atoms with van der Waals surface area (Å²) in [7, 11) is 2.05. The number of benzene rings is 2. The molecule has 2 rings (SSSR count). The maximum atomic E-state index is 3.44. The Hall–Kier alpha value is -1.25. The first kappa shape index (κ1) is 15.1. The minimum absolute atomic E-state index is 0.421. The van der Waals surface area contributed by atoms with Crippen LogP contribution in [0.1, 0.15) is 28.3 Å². The molecule has 0 saturated carbocycles. The third kappa shape index (κ3) is 4.12.